The molecule has 1 aliphatic heterocycles. The smallest absolute Gasteiger partial charge is 0.250 e. The molecule has 1 unspecified atom stereocenters. The number of anilines is 1. The van der Waals surface area contributed by atoms with Gasteiger partial charge < -0.3 is 15.1 Å². The second-order valence-electron chi connectivity index (χ2n) is 5.30. The van der Waals surface area contributed by atoms with Crippen LogP contribution in [-0.2, 0) is 0 Å². The molecule has 0 radical (unpaired) electrons. The van der Waals surface area contributed by atoms with Crippen molar-refractivity contribution in [3.05, 3.63) is 30.3 Å². The summed E-state index contributed by atoms with van der Waals surface area (Å²) in [4.78, 5) is 2.12. The Morgan fingerprint density at radius 1 is 1.19 bits per heavy atom. The molecular weight excluding hydrogens is 270 g/mol. The molecule has 1 aliphatic rings. The van der Waals surface area contributed by atoms with Crippen molar-refractivity contribution in [2.75, 3.05) is 24.6 Å². The molecule has 0 amide bonds. The van der Waals surface area contributed by atoms with Crippen LogP contribution in [0.3, 0.4) is 0 Å². The molecular formula is C14H19N5O2. The van der Waals surface area contributed by atoms with Gasteiger partial charge in [0, 0.05) is 13.1 Å². The van der Waals surface area contributed by atoms with E-state index in [1.54, 1.807) is 4.68 Å². The Labute approximate surface area is 122 Å². The van der Waals surface area contributed by atoms with Crippen molar-refractivity contribution in [3.8, 4) is 5.69 Å². The lowest BCUT2D eigenvalue weighted by Gasteiger charge is -2.33. The first-order valence-electron chi connectivity index (χ1n) is 7.17. The van der Waals surface area contributed by atoms with Crippen LogP contribution >= 0.6 is 0 Å². The molecule has 2 aromatic rings. The summed E-state index contributed by atoms with van der Waals surface area (Å²) in [6.07, 6.45) is 1.02. The Morgan fingerprint density at radius 3 is 2.57 bits per heavy atom. The SMILES string of the molecule is OCC(O)C1CCN(c2nnnn2-c2ccccc2)CC1. The fourth-order valence-corrected chi connectivity index (χ4v) is 2.75. The minimum absolute atomic E-state index is 0.146. The maximum absolute atomic E-state index is 9.72. The zero-order valence-corrected chi connectivity index (χ0v) is 11.7. The van der Waals surface area contributed by atoms with Gasteiger partial charge in [0.25, 0.3) is 0 Å². The van der Waals surface area contributed by atoms with Gasteiger partial charge in [-0.25, -0.2) is 0 Å². The molecule has 1 atom stereocenters. The Morgan fingerprint density at radius 2 is 1.90 bits per heavy atom. The number of tetrazole rings is 1. The van der Waals surface area contributed by atoms with Crippen LogP contribution in [-0.4, -0.2) is 56.2 Å². The summed E-state index contributed by atoms with van der Waals surface area (Å²) in [7, 11) is 0. The van der Waals surface area contributed by atoms with E-state index < -0.39 is 6.10 Å². The lowest BCUT2D eigenvalue weighted by molar-refractivity contribution is 0.0375. The van der Waals surface area contributed by atoms with Crippen molar-refractivity contribution in [1.29, 1.82) is 0 Å². The number of hydrogen-bond donors (Lipinski definition) is 2. The van der Waals surface area contributed by atoms with E-state index in [2.05, 4.69) is 20.4 Å². The summed E-state index contributed by atoms with van der Waals surface area (Å²) < 4.78 is 1.72. The molecule has 1 saturated heterocycles. The fourth-order valence-electron chi connectivity index (χ4n) is 2.75. The van der Waals surface area contributed by atoms with Crippen LogP contribution in [0.1, 0.15) is 12.8 Å². The number of aliphatic hydroxyl groups is 2. The maximum atomic E-state index is 9.72. The van der Waals surface area contributed by atoms with E-state index >= 15 is 0 Å². The molecule has 7 nitrogen and oxygen atoms in total. The lowest BCUT2D eigenvalue weighted by atomic mass is 9.92. The standard InChI is InChI=1S/C14H19N5O2/c20-10-13(21)11-6-8-18(9-7-11)14-15-16-17-19(14)12-4-2-1-3-5-12/h1-5,11,13,20-21H,6-10H2. The van der Waals surface area contributed by atoms with Gasteiger partial charge in [0.2, 0.25) is 5.95 Å². The van der Waals surface area contributed by atoms with Gasteiger partial charge in [0.15, 0.2) is 0 Å². The Kier molecular flexibility index (Phi) is 4.12. The van der Waals surface area contributed by atoms with Gasteiger partial charge in [0.1, 0.15) is 0 Å². The zero-order chi connectivity index (χ0) is 14.7. The van der Waals surface area contributed by atoms with Crippen molar-refractivity contribution in [1.82, 2.24) is 20.2 Å². The third-order valence-corrected chi connectivity index (χ3v) is 4.01. The van der Waals surface area contributed by atoms with Crippen molar-refractivity contribution in [3.63, 3.8) is 0 Å². The van der Waals surface area contributed by atoms with Crippen LogP contribution in [0.15, 0.2) is 30.3 Å². The second kappa shape index (κ2) is 6.19. The van der Waals surface area contributed by atoms with Crippen molar-refractivity contribution in [2.45, 2.75) is 18.9 Å². The molecule has 3 rings (SSSR count). The molecule has 0 aliphatic carbocycles. The average Bonchev–Trinajstić information content (AvgIpc) is 3.04. The monoisotopic (exact) mass is 289 g/mol. The number of aromatic nitrogens is 4. The van der Waals surface area contributed by atoms with Gasteiger partial charge in [-0.3, -0.25) is 0 Å². The summed E-state index contributed by atoms with van der Waals surface area (Å²) in [5, 5.41) is 30.7. The number of benzene rings is 1. The lowest BCUT2D eigenvalue weighted by Crippen LogP contribution is -2.40. The van der Waals surface area contributed by atoms with Crippen molar-refractivity contribution >= 4 is 5.95 Å². The highest BCUT2D eigenvalue weighted by atomic mass is 16.3. The highest BCUT2D eigenvalue weighted by Gasteiger charge is 2.27. The van der Waals surface area contributed by atoms with Crippen molar-refractivity contribution < 1.29 is 10.2 Å². The molecule has 0 spiro atoms. The van der Waals surface area contributed by atoms with Gasteiger partial charge >= 0.3 is 0 Å². The van der Waals surface area contributed by atoms with Gasteiger partial charge in [-0.1, -0.05) is 23.3 Å². The predicted octanol–water partition coefficient (Wildman–Crippen LogP) is 0.232. The quantitative estimate of drug-likeness (QED) is 0.838. The molecule has 112 valence electrons. The topological polar surface area (TPSA) is 87.3 Å². The molecule has 1 aromatic carbocycles. The molecule has 2 heterocycles. The summed E-state index contributed by atoms with van der Waals surface area (Å²) in [6.45, 7) is 1.37. The van der Waals surface area contributed by atoms with Crippen LogP contribution in [0.2, 0.25) is 0 Å². The van der Waals surface area contributed by atoms with E-state index in [0.29, 0.717) is 0 Å². The maximum Gasteiger partial charge on any atom is 0.250 e. The largest absolute Gasteiger partial charge is 0.394 e. The molecule has 7 heteroatoms. The molecule has 0 bridgehead atoms. The number of rotatable bonds is 4. The van der Waals surface area contributed by atoms with Crippen molar-refractivity contribution in [2.24, 2.45) is 5.92 Å². The first-order valence-corrected chi connectivity index (χ1v) is 7.17. The first kappa shape index (κ1) is 14.0. The zero-order valence-electron chi connectivity index (χ0n) is 11.7. The van der Waals surface area contributed by atoms with E-state index in [1.807, 2.05) is 30.3 Å². The number of aliphatic hydroxyl groups excluding tert-OH is 2. The van der Waals surface area contributed by atoms with E-state index in [0.717, 1.165) is 37.6 Å². The summed E-state index contributed by atoms with van der Waals surface area (Å²) >= 11 is 0. The van der Waals surface area contributed by atoms with Gasteiger partial charge in [-0.05, 0) is 41.3 Å². The van der Waals surface area contributed by atoms with Crippen LogP contribution < -0.4 is 4.90 Å². The molecule has 21 heavy (non-hydrogen) atoms. The summed E-state index contributed by atoms with van der Waals surface area (Å²) in [6, 6.07) is 9.77. The fraction of sp³-hybridized carbons (Fsp3) is 0.500. The molecule has 2 N–H and O–H groups in total. The Hall–Kier alpha value is -1.99. The predicted molar refractivity (Wildman–Crippen MR) is 77.2 cm³/mol. The average molecular weight is 289 g/mol. The first-order chi connectivity index (χ1) is 10.3. The van der Waals surface area contributed by atoms with E-state index in [9.17, 15) is 5.11 Å². The van der Waals surface area contributed by atoms with Crippen LogP contribution in [0.25, 0.3) is 5.69 Å². The van der Waals surface area contributed by atoms with Crippen LogP contribution in [0.4, 0.5) is 5.95 Å². The molecule has 0 saturated carbocycles. The van der Waals surface area contributed by atoms with Gasteiger partial charge in [-0.15, -0.1) is 0 Å². The number of para-hydroxylation sites is 1. The summed E-state index contributed by atoms with van der Waals surface area (Å²) in [5.74, 6) is 0.866. The second-order valence-corrected chi connectivity index (χ2v) is 5.30. The number of piperidine rings is 1. The number of nitrogens with zero attached hydrogens (tertiary/aromatic N) is 5. The van der Waals surface area contributed by atoms with Gasteiger partial charge in [0.05, 0.1) is 18.4 Å². The Bertz CT molecular complexity index is 566. The third-order valence-electron chi connectivity index (χ3n) is 4.01. The highest BCUT2D eigenvalue weighted by molar-refractivity contribution is 5.40. The van der Waals surface area contributed by atoms with Crippen LogP contribution in [0, 0.1) is 5.92 Å². The van der Waals surface area contributed by atoms with E-state index in [1.165, 1.54) is 0 Å². The number of hydrogen-bond acceptors (Lipinski definition) is 6. The Balaban J connectivity index is 1.74. The normalized spacial score (nSPS) is 17.9. The van der Waals surface area contributed by atoms with E-state index in [-0.39, 0.29) is 12.5 Å². The third kappa shape index (κ3) is 2.88. The summed E-state index contributed by atoms with van der Waals surface area (Å²) in [5.41, 5.74) is 0.926. The minimum atomic E-state index is -0.628. The molecule has 1 fully saturated rings. The highest BCUT2D eigenvalue weighted by Crippen LogP contribution is 2.24. The van der Waals surface area contributed by atoms with Gasteiger partial charge in [-0.2, -0.15) is 4.68 Å². The molecule has 1 aromatic heterocycles. The van der Waals surface area contributed by atoms with E-state index in [4.69, 9.17) is 5.11 Å². The van der Waals surface area contributed by atoms with Crippen LogP contribution in [0.5, 0.6) is 0 Å². The minimum Gasteiger partial charge on any atom is -0.394 e.